The number of para-hydroxylation sites is 1. The molecule has 1 aromatic carbocycles. The summed E-state index contributed by atoms with van der Waals surface area (Å²) >= 11 is 0. The zero-order valence-corrected chi connectivity index (χ0v) is 16.6. The van der Waals surface area contributed by atoms with Gasteiger partial charge >= 0.3 is 0 Å². The fraction of sp³-hybridized carbons (Fsp3) is 0.727. The SMILES string of the molecule is CC(C)C1CC(NCCCCOc2ccccc2)CC(C(C)C)C1N. The topological polar surface area (TPSA) is 47.3 Å². The van der Waals surface area contributed by atoms with Crippen LogP contribution in [0, 0.1) is 23.7 Å². The molecule has 0 heterocycles. The molecule has 3 N–H and O–H groups in total. The second-order valence-electron chi connectivity index (χ2n) is 8.38. The summed E-state index contributed by atoms with van der Waals surface area (Å²) in [6.45, 7) is 11.2. The van der Waals surface area contributed by atoms with Crippen molar-refractivity contribution in [1.29, 1.82) is 0 Å². The van der Waals surface area contributed by atoms with Crippen LogP contribution in [0.1, 0.15) is 53.4 Å². The molecule has 3 nitrogen and oxygen atoms in total. The van der Waals surface area contributed by atoms with Gasteiger partial charge in [-0.3, -0.25) is 0 Å². The first kappa shape index (κ1) is 20.3. The molecule has 142 valence electrons. The molecule has 25 heavy (non-hydrogen) atoms. The average Bonchev–Trinajstić information content (AvgIpc) is 2.59. The Morgan fingerprint density at radius 1 is 1.00 bits per heavy atom. The van der Waals surface area contributed by atoms with E-state index in [1.807, 2.05) is 30.3 Å². The maximum absolute atomic E-state index is 6.59. The minimum atomic E-state index is 0.359. The van der Waals surface area contributed by atoms with Crippen LogP contribution in [0.15, 0.2) is 30.3 Å². The monoisotopic (exact) mass is 346 g/mol. The summed E-state index contributed by atoms with van der Waals surface area (Å²) in [4.78, 5) is 0. The molecule has 0 aromatic heterocycles. The summed E-state index contributed by atoms with van der Waals surface area (Å²) in [6.07, 6.45) is 4.70. The van der Waals surface area contributed by atoms with E-state index < -0.39 is 0 Å². The molecule has 1 aromatic rings. The van der Waals surface area contributed by atoms with Crippen LogP contribution in [0.2, 0.25) is 0 Å². The second-order valence-corrected chi connectivity index (χ2v) is 8.38. The summed E-state index contributed by atoms with van der Waals surface area (Å²) in [7, 11) is 0. The van der Waals surface area contributed by atoms with Gasteiger partial charge in [-0.15, -0.1) is 0 Å². The Kier molecular flexibility index (Phi) is 8.25. The summed E-state index contributed by atoms with van der Waals surface area (Å²) in [5.41, 5.74) is 6.59. The zero-order chi connectivity index (χ0) is 18.2. The summed E-state index contributed by atoms with van der Waals surface area (Å²) in [6, 6.07) is 11.1. The third kappa shape index (κ3) is 6.31. The third-order valence-corrected chi connectivity index (χ3v) is 5.83. The number of nitrogens with one attached hydrogen (secondary N) is 1. The second kappa shape index (κ2) is 10.2. The van der Waals surface area contributed by atoms with Crippen LogP contribution >= 0.6 is 0 Å². The van der Waals surface area contributed by atoms with Gasteiger partial charge in [0.2, 0.25) is 0 Å². The van der Waals surface area contributed by atoms with Crippen molar-refractivity contribution in [2.45, 2.75) is 65.5 Å². The van der Waals surface area contributed by atoms with Gasteiger partial charge in [0.05, 0.1) is 6.61 Å². The van der Waals surface area contributed by atoms with Crippen molar-refractivity contribution in [2.75, 3.05) is 13.2 Å². The number of benzene rings is 1. The fourth-order valence-electron chi connectivity index (χ4n) is 4.22. The van der Waals surface area contributed by atoms with Crippen LogP contribution in [-0.4, -0.2) is 25.2 Å². The predicted molar refractivity (Wildman–Crippen MR) is 107 cm³/mol. The van der Waals surface area contributed by atoms with Gasteiger partial charge in [-0.05, 0) is 68.0 Å². The van der Waals surface area contributed by atoms with E-state index in [9.17, 15) is 0 Å². The van der Waals surface area contributed by atoms with E-state index in [-0.39, 0.29) is 0 Å². The smallest absolute Gasteiger partial charge is 0.119 e. The van der Waals surface area contributed by atoms with Crippen molar-refractivity contribution in [1.82, 2.24) is 5.32 Å². The lowest BCUT2D eigenvalue weighted by atomic mass is 9.67. The van der Waals surface area contributed by atoms with Gasteiger partial charge in [-0.1, -0.05) is 45.9 Å². The Bertz CT molecular complexity index is 456. The molecule has 0 bridgehead atoms. The lowest BCUT2D eigenvalue weighted by Crippen LogP contribution is -2.52. The van der Waals surface area contributed by atoms with Gasteiger partial charge in [-0.2, -0.15) is 0 Å². The van der Waals surface area contributed by atoms with Crippen molar-refractivity contribution < 1.29 is 4.74 Å². The summed E-state index contributed by atoms with van der Waals surface area (Å²) in [5, 5.41) is 3.80. The van der Waals surface area contributed by atoms with Crippen LogP contribution < -0.4 is 15.8 Å². The third-order valence-electron chi connectivity index (χ3n) is 5.83. The lowest BCUT2D eigenvalue weighted by molar-refractivity contribution is 0.112. The molecule has 1 fully saturated rings. The molecule has 3 heteroatoms. The quantitative estimate of drug-likeness (QED) is 0.649. The van der Waals surface area contributed by atoms with Gasteiger partial charge in [0.15, 0.2) is 0 Å². The molecule has 1 aliphatic carbocycles. The van der Waals surface area contributed by atoms with E-state index in [1.165, 1.54) is 12.8 Å². The van der Waals surface area contributed by atoms with E-state index in [1.54, 1.807) is 0 Å². The maximum atomic E-state index is 6.59. The number of hydrogen-bond acceptors (Lipinski definition) is 3. The Hall–Kier alpha value is -1.06. The highest BCUT2D eigenvalue weighted by atomic mass is 16.5. The molecule has 0 radical (unpaired) electrons. The number of nitrogens with two attached hydrogens (primary N) is 1. The molecule has 2 rings (SSSR count). The van der Waals surface area contributed by atoms with E-state index in [2.05, 4.69) is 33.0 Å². The molecular weight excluding hydrogens is 308 g/mol. The Morgan fingerprint density at radius 2 is 1.60 bits per heavy atom. The molecule has 2 unspecified atom stereocenters. The first-order chi connectivity index (χ1) is 12.0. The summed E-state index contributed by atoms with van der Waals surface area (Å²) < 4.78 is 5.76. The maximum Gasteiger partial charge on any atom is 0.119 e. The minimum absolute atomic E-state index is 0.359. The van der Waals surface area contributed by atoms with Crippen molar-refractivity contribution in [3.63, 3.8) is 0 Å². The molecule has 1 saturated carbocycles. The van der Waals surface area contributed by atoms with Crippen molar-refractivity contribution in [2.24, 2.45) is 29.4 Å². The number of rotatable bonds is 9. The Balaban J connectivity index is 1.68. The normalized spacial score (nSPS) is 27.0. The Morgan fingerprint density at radius 3 is 2.16 bits per heavy atom. The van der Waals surface area contributed by atoms with E-state index in [0.717, 1.165) is 31.7 Å². The highest BCUT2D eigenvalue weighted by Gasteiger charge is 2.37. The standard InChI is InChI=1S/C22H38N2O/c1-16(2)20-14-18(15-21(17(3)4)22(20)23)24-12-8-9-13-25-19-10-6-5-7-11-19/h5-7,10-11,16-18,20-22,24H,8-9,12-15,23H2,1-4H3. The predicted octanol–water partition coefficient (Wildman–Crippen LogP) is 4.47. The Labute approximate surface area is 154 Å². The molecule has 0 amide bonds. The van der Waals surface area contributed by atoms with Gasteiger partial charge in [0.25, 0.3) is 0 Å². The van der Waals surface area contributed by atoms with Gasteiger partial charge < -0.3 is 15.8 Å². The molecular formula is C22H38N2O. The van der Waals surface area contributed by atoms with Crippen molar-refractivity contribution >= 4 is 0 Å². The highest BCUT2D eigenvalue weighted by molar-refractivity contribution is 5.20. The van der Waals surface area contributed by atoms with Crippen LogP contribution in [0.4, 0.5) is 0 Å². The van der Waals surface area contributed by atoms with Gasteiger partial charge in [0.1, 0.15) is 5.75 Å². The van der Waals surface area contributed by atoms with E-state index >= 15 is 0 Å². The molecule has 0 aliphatic heterocycles. The van der Waals surface area contributed by atoms with Crippen molar-refractivity contribution in [3.05, 3.63) is 30.3 Å². The van der Waals surface area contributed by atoms with Crippen LogP contribution in [0.25, 0.3) is 0 Å². The van der Waals surface area contributed by atoms with Crippen molar-refractivity contribution in [3.8, 4) is 5.75 Å². The van der Waals surface area contributed by atoms with Crippen LogP contribution in [-0.2, 0) is 0 Å². The number of hydrogen-bond donors (Lipinski definition) is 2. The molecule has 0 spiro atoms. The number of unbranched alkanes of at least 4 members (excludes halogenated alkanes) is 1. The summed E-state index contributed by atoms with van der Waals surface area (Å²) in [5.74, 6) is 3.58. The largest absolute Gasteiger partial charge is 0.494 e. The highest BCUT2D eigenvalue weighted by Crippen LogP contribution is 2.36. The van der Waals surface area contributed by atoms with E-state index in [0.29, 0.717) is 35.8 Å². The van der Waals surface area contributed by atoms with Gasteiger partial charge in [0, 0.05) is 12.1 Å². The molecule has 2 atom stereocenters. The fourth-order valence-corrected chi connectivity index (χ4v) is 4.22. The zero-order valence-electron chi connectivity index (χ0n) is 16.6. The van der Waals surface area contributed by atoms with Crippen LogP contribution in [0.5, 0.6) is 5.75 Å². The first-order valence-electron chi connectivity index (χ1n) is 10.2. The van der Waals surface area contributed by atoms with Gasteiger partial charge in [-0.25, -0.2) is 0 Å². The average molecular weight is 347 g/mol. The van der Waals surface area contributed by atoms with E-state index in [4.69, 9.17) is 10.5 Å². The number of ether oxygens (including phenoxy) is 1. The molecule has 0 saturated heterocycles. The minimum Gasteiger partial charge on any atom is -0.494 e. The lowest BCUT2D eigenvalue weighted by Gasteiger charge is -2.44. The van der Waals surface area contributed by atoms with Crippen LogP contribution in [0.3, 0.4) is 0 Å². The molecule has 1 aliphatic rings. The first-order valence-corrected chi connectivity index (χ1v) is 10.2.